The number of halogens is 2. The third-order valence-electron chi connectivity index (χ3n) is 4.74. The zero-order chi connectivity index (χ0) is 21.7. The molecule has 3 rings (SSSR count). The molecule has 3 aromatic rings. The largest absolute Gasteiger partial charge is 0.326 e. The molecule has 0 unspecified atom stereocenters. The second-order valence-electron chi connectivity index (χ2n) is 6.85. The molecule has 0 bridgehead atoms. The Hall–Kier alpha value is -3.00. The first kappa shape index (κ1) is 21.7. The third kappa shape index (κ3) is 5.54. The lowest BCUT2D eigenvalue weighted by Crippen LogP contribution is -2.36. The molecular formula is C22H23BrFN5O. The van der Waals surface area contributed by atoms with E-state index in [0.717, 1.165) is 27.1 Å². The fraction of sp³-hybridized carbons (Fsp3) is 0.227. The number of anilines is 1. The molecule has 0 aliphatic carbocycles. The van der Waals surface area contributed by atoms with E-state index in [-0.39, 0.29) is 5.91 Å². The van der Waals surface area contributed by atoms with Crippen LogP contribution in [0.2, 0.25) is 0 Å². The molecule has 2 N–H and O–H groups in total. The molecule has 156 valence electrons. The molecule has 0 aliphatic heterocycles. The molecule has 0 fully saturated rings. The molecule has 0 radical (unpaired) electrons. The predicted octanol–water partition coefficient (Wildman–Crippen LogP) is 4.38. The number of rotatable bonds is 5. The molecular weight excluding hydrogens is 449 g/mol. The van der Waals surface area contributed by atoms with E-state index < -0.39 is 5.82 Å². The summed E-state index contributed by atoms with van der Waals surface area (Å²) in [5, 5.41) is 10.4. The average molecular weight is 472 g/mol. The van der Waals surface area contributed by atoms with Crippen molar-refractivity contribution in [3.05, 3.63) is 81.3 Å². The van der Waals surface area contributed by atoms with Crippen LogP contribution in [0.1, 0.15) is 27.3 Å². The number of carbonyl (C=O) groups excluding carboxylic acids is 1. The number of aryl methyl sites for hydroxylation is 2. The summed E-state index contributed by atoms with van der Waals surface area (Å²) in [4.78, 5) is 17.1. The Balaban J connectivity index is 1.77. The van der Waals surface area contributed by atoms with Crippen molar-refractivity contribution >= 4 is 33.5 Å². The van der Waals surface area contributed by atoms with Crippen molar-refractivity contribution in [1.82, 2.24) is 15.1 Å². The Kier molecular flexibility index (Phi) is 6.99. The Morgan fingerprint density at radius 3 is 2.40 bits per heavy atom. The lowest BCUT2D eigenvalue weighted by molar-refractivity contribution is 0.0977. The van der Waals surface area contributed by atoms with E-state index in [4.69, 9.17) is 0 Å². The van der Waals surface area contributed by atoms with Crippen LogP contribution in [0, 0.1) is 19.7 Å². The second-order valence-corrected chi connectivity index (χ2v) is 7.76. The van der Waals surface area contributed by atoms with Crippen LogP contribution < -0.4 is 10.6 Å². The van der Waals surface area contributed by atoms with Gasteiger partial charge in [-0.05, 0) is 74.4 Å². The first-order valence-electron chi connectivity index (χ1n) is 9.46. The lowest BCUT2D eigenvalue weighted by Gasteiger charge is -2.12. The smallest absolute Gasteiger partial charge is 0.257 e. The Morgan fingerprint density at radius 2 is 1.80 bits per heavy atom. The van der Waals surface area contributed by atoms with Gasteiger partial charge in [0.15, 0.2) is 0 Å². The molecule has 30 heavy (non-hydrogen) atoms. The summed E-state index contributed by atoms with van der Waals surface area (Å²) in [6, 6.07) is 12.9. The predicted molar refractivity (Wildman–Crippen MR) is 120 cm³/mol. The molecule has 0 aliphatic rings. The van der Waals surface area contributed by atoms with E-state index in [9.17, 15) is 9.18 Å². The van der Waals surface area contributed by atoms with Crippen LogP contribution in [0.15, 0.2) is 58.0 Å². The summed E-state index contributed by atoms with van der Waals surface area (Å²) in [7, 11) is 1.92. The van der Waals surface area contributed by atoms with E-state index in [2.05, 4.69) is 36.7 Å². The summed E-state index contributed by atoms with van der Waals surface area (Å²) in [5.74, 6) is -0.436. The number of benzene rings is 2. The van der Waals surface area contributed by atoms with Crippen molar-refractivity contribution in [1.29, 1.82) is 0 Å². The van der Waals surface area contributed by atoms with Gasteiger partial charge in [-0.15, -0.1) is 0 Å². The van der Waals surface area contributed by atoms with Gasteiger partial charge < -0.3 is 5.32 Å². The zero-order valence-corrected chi connectivity index (χ0v) is 18.6. The molecule has 1 amide bonds. The maximum atomic E-state index is 13.1. The quantitative estimate of drug-likeness (QED) is 0.428. The van der Waals surface area contributed by atoms with Gasteiger partial charge in [0.25, 0.3) is 5.91 Å². The van der Waals surface area contributed by atoms with E-state index in [1.165, 1.54) is 24.3 Å². The number of nitrogens with zero attached hydrogens (tertiary/aromatic N) is 3. The van der Waals surface area contributed by atoms with Gasteiger partial charge in [-0.25, -0.2) is 4.39 Å². The van der Waals surface area contributed by atoms with Crippen molar-refractivity contribution in [2.75, 3.05) is 11.9 Å². The van der Waals surface area contributed by atoms with Gasteiger partial charge in [0.1, 0.15) is 5.82 Å². The van der Waals surface area contributed by atoms with Crippen LogP contribution in [0.4, 0.5) is 10.1 Å². The van der Waals surface area contributed by atoms with Crippen molar-refractivity contribution < 1.29 is 9.18 Å². The summed E-state index contributed by atoms with van der Waals surface area (Å²) < 4.78 is 16.0. The molecule has 1 heterocycles. The Morgan fingerprint density at radius 1 is 1.13 bits per heavy atom. The number of aliphatic imine (C=N–C) groups is 1. The SMILES string of the molecule is Cc1nn(C)c(C)c1CCN=C(NC(=O)c1ccc(F)cc1)Nc1ccc(Br)cc1. The van der Waals surface area contributed by atoms with Gasteiger partial charge in [0.2, 0.25) is 5.96 Å². The number of amides is 1. The topological polar surface area (TPSA) is 71.3 Å². The van der Waals surface area contributed by atoms with E-state index in [0.29, 0.717) is 24.5 Å². The van der Waals surface area contributed by atoms with Crippen LogP contribution in [0.5, 0.6) is 0 Å². The van der Waals surface area contributed by atoms with Crippen LogP contribution in [-0.4, -0.2) is 28.2 Å². The van der Waals surface area contributed by atoms with Crippen LogP contribution in [0.3, 0.4) is 0 Å². The minimum absolute atomic E-state index is 0.325. The summed E-state index contributed by atoms with van der Waals surface area (Å²) >= 11 is 3.41. The maximum Gasteiger partial charge on any atom is 0.257 e. The minimum Gasteiger partial charge on any atom is -0.326 e. The van der Waals surface area contributed by atoms with Gasteiger partial charge in [0.05, 0.1) is 5.69 Å². The summed E-state index contributed by atoms with van der Waals surface area (Å²) in [5.41, 5.74) is 4.35. The zero-order valence-electron chi connectivity index (χ0n) is 17.0. The molecule has 0 spiro atoms. The van der Waals surface area contributed by atoms with E-state index >= 15 is 0 Å². The van der Waals surface area contributed by atoms with Gasteiger partial charge in [0, 0.05) is 35.0 Å². The highest BCUT2D eigenvalue weighted by Gasteiger charge is 2.11. The van der Waals surface area contributed by atoms with E-state index in [1.54, 1.807) is 0 Å². The average Bonchev–Trinajstić information content (AvgIpc) is 2.96. The molecule has 6 nitrogen and oxygen atoms in total. The third-order valence-corrected chi connectivity index (χ3v) is 5.26. The highest BCUT2D eigenvalue weighted by atomic mass is 79.9. The van der Waals surface area contributed by atoms with Gasteiger partial charge >= 0.3 is 0 Å². The fourth-order valence-electron chi connectivity index (χ4n) is 3.02. The number of hydrogen-bond donors (Lipinski definition) is 2. The Labute approximate surface area is 183 Å². The van der Waals surface area contributed by atoms with Gasteiger partial charge in [-0.3, -0.25) is 19.8 Å². The highest BCUT2D eigenvalue weighted by molar-refractivity contribution is 9.10. The van der Waals surface area contributed by atoms with Crippen molar-refractivity contribution in [3.63, 3.8) is 0 Å². The molecule has 0 saturated carbocycles. The highest BCUT2D eigenvalue weighted by Crippen LogP contribution is 2.15. The number of guanidine groups is 1. The normalized spacial score (nSPS) is 11.4. The number of hydrogen-bond acceptors (Lipinski definition) is 3. The summed E-state index contributed by atoms with van der Waals surface area (Å²) in [6.07, 6.45) is 0.698. The minimum atomic E-state index is -0.393. The molecule has 1 aromatic heterocycles. The van der Waals surface area contributed by atoms with Crippen molar-refractivity contribution in [2.24, 2.45) is 12.0 Å². The fourth-order valence-corrected chi connectivity index (χ4v) is 3.28. The lowest BCUT2D eigenvalue weighted by atomic mass is 10.1. The molecule has 0 saturated heterocycles. The standard InChI is InChI=1S/C22H23BrFN5O/c1-14-20(15(2)29(3)28-14)12-13-25-22(26-19-10-6-17(23)7-11-19)27-21(30)16-4-8-18(24)9-5-16/h4-11H,12-13H2,1-3H3,(H2,25,26,27,30). The monoisotopic (exact) mass is 471 g/mol. The molecule has 8 heteroatoms. The number of nitrogens with one attached hydrogen (secondary N) is 2. The first-order valence-corrected chi connectivity index (χ1v) is 10.3. The maximum absolute atomic E-state index is 13.1. The molecule has 2 aromatic carbocycles. The second kappa shape index (κ2) is 9.67. The first-order chi connectivity index (χ1) is 14.3. The van der Waals surface area contributed by atoms with E-state index in [1.807, 2.05) is 49.8 Å². The Bertz CT molecular complexity index is 1060. The van der Waals surface area contributed by atoms with Crippen LogP contribution in [0.25, 0.3) is 0 Å². The van der Waals surface area contributed by atoms with Crippen LogP contribution >= 0.6 is 15.9 Å². The van der Waals surface area contributed by atoms with Crippen LogP contribution in [-0.2, 0) is 13.5 Å². The molecule has 0 atom stereocenters. The van der Waals surface area contributed by atoms with Crippen molar-refractivity contribution in [2.45, 2.75) is 20.3 Å². The van der Waals surface area contributed by atoms with Gasteiger partial charge in [-0.1, -0.05) is 15.9 Å². The number of carbonyl (C=O) groups is 1. The van der Waals surface area contributed by atoms with Crippen molar-refractivity contribution in [3.8, 4) is 0 Å². The summed E-state index contributed by atoms with van der Waals surface area (Å²) in [6.45, 7) is 4.47. The number of aromatic nitrogens is 2. The van der Waals surface area contributed by atoms with Gasteiger partial charge in [-0.2, -0.15) is 5.10 Å².